The maximum atomic E-state index is 4.61. The summed E-state index contributed by atoms with van der Waals surface area (Å²) in [4.78, 5) is 4.61. The van der Waals surface area contributed by atoms with E-state index in [-0.39, 0.29) is 0 Å². The van der Waals surface area contributed by atoms with Crippen molar-refractivity contribution >= 4 is 41.2 Å². The summed E-state index contributed by atoms with van der Waals surface area (Å²) >= 11 is 0. The number of benzene rings is 3. The topological polar surface area (TPSA) is 24.9 Å². The number of hydrogen-bond acceptors (Lipinski definition) is 2. The third-order valence-electron chi connectivity index (χ3n) is 4.86. The van der Waals surface area contributed by atoms with Gasteiger partial charge in [-0.15, -0.1) is 0 Å². The van der Waals surface area contributed by atoms with Crippen molar-refractivity contribution in [2.75, 3.05) is 5.32 Å². The molecule has 0 fully saturated rings. The molecule has 28 heavy (non-hydrogen) atoms. The maximum absolute atomic E-state index is 4.61. The molecule has 0 bridgehead atoms. The first-order valence-corrected chi connectivity index (χ1v) is 10.7. The van der Waals surface area contributed by atoms with Crippen LogP contribution in [0.5, 0.6) is 0 Å². The maximum Gasteiger partial charge on any atom is 0.0942 e. The number of pyridine rings is 1. The zero-order valence-electron chi connectivity index (χ0n) is 15.3. The Morgan fingerprint density at radius 2 is 1.43 bits per heavy atom. The quantitative estimate of drug-likeness (QED) is 0.466. The van der Waals surface area contributed by atoms with Crippen molar-refractivity contribution in [1.82, 2.24) is 4.98 Å². The minimum atomic E-state index is -0.602. The second kappa shape index (κ2) is 7.42. The van der Waals surface area contributed by atoms with Gasteiger partial charge in [0.2, 0.25) is 0 Å². The molecule has 0 amide bonds. The van der Waals surface area contributed by atoms with Crippen LogP contribution in [0, 0.1) is 0 Å². The van der Waals surface area contributed by atoms with Gasteiger partial charge < -0.3 is 5.32 Å². The summed E-state index contributed by atoms with van der Waals surface area (Å²) in [7, 11) is -0.602. The highest BCUT2D eigenvalue weighted by molar-refractivity contribution is 7.75. The van der Waals surface area contributed by atoms with E-state index < -0.39 is 7.92 Å². The van der Waals surface area contributed by atoms with E-state index in [0.29, 0.717) is 0 Å². The highest BCUT2D eigenvalue weighted by atomic mass is 31.1. The minimum absolute atomic E-state index is 0.602. The molecular formula is C25H19N2P. The number of rotatable bonds is 3. The Bertz CT molecular complexity index is 1140. The Kier molecular flexibility index (Phi) is 4.48. The highest BCUT2D eigenvalue weighted by Crippen LogP contribution is 2.39. The van der Waals surface area contributed by atoms with Crippen molar-refractivity contribution in [3.63, 3.8) is 0 Å². The second-order valence-electron chi connectivity index (χ2n) is 6.69. The molecule has 1 aromatic heterocycles. The van der Waals surface area contributed by atoms with Crippen LogP contribution < -0.4 is 15.9 Å². The Balaban J connectivity index is 1.59. The standard InChI is InChI=1S/C25H19N2P/c1-3-9-22(10-4-1)28(23-11-5-2-6-12-23)18-21-16-15-20-14-13-19-8-7-17-26-24(19)25(20)27-21/h1-18,27H. The van der Waals surface area contributed by atoms with Crippen molar-refractivity contribution in [3.8, 4) is 0 Å². The molecule has 134 valence electrons. The first kappa shape index (κ1) is 16.9. The largest absolute Gasteiger partial charge is 0.353 e. The van der Waals surface area contributed by atoms with Crippen LogP contribution in [0.1, 0.15) is 5.56 Å². The summed E-state index contributed by atoms with van der Waals surface area (Å²) < 4.78 is 0. The first-order valence-electron chi connectivity index (χ1n) is 9.32. The summed E-state index contributed by atoms with van der Waals surface area (Å²) in [5.74, 6) is 2.36. The zero-order valence-corrected chi connectivity index (χ0v) is 16.2. The summed E-state index contributed by atoms with van der Waals surface area (Å²) in [6, 6.07) is 29.8. The van der Waals surface area contributed by atoms with E-state index in [4.69, 9.17) is 0 Å². The molecule has 5 rings (SSSR count). The van der Waals surface area contributed by atoms with Gasteiger partial charge in [0, 0.05) is 22.8 Å². The van der Waals surface area contributed by atoms with Crippen LogP contribution >= 0.6 is 7.92 Å². The summed E-state index contributed by atoms with van der Waals surface area (Å²) in [5, 5.41) is 7.47. The van der Waals surface area contributed by atoms with E-state index in [1.165, 1.54) is 16.2 Å². The molecule has 0 atom stereocenters. The molecule has 0 unspecified atom stereocenters. The first-order chi connectivity index (χ1) is 13.9. The monoisotopic (exact) mass is 378 g/mol. The summed E-state index contributed by atoms with van der Waals surface area (Å²) in [5.41, 5.74) is 4.39. The van der Waals surface area contributed by atoms with Crippen LogP contribution in [0.25, 0.3) is 17.0 Å². The smallest absolute Gasteiger partial charge is 0.0942 e. The van der Waals surface area contributed by atoms with Gasteiger partial charge in [0.25, 0.3) is 0 Å². The number of fused-ring (bicyclic) bond motifs is 3. The van der Waals surface area contributed by atoms with Gasteiger partial charge in [0.1, 0.15) is 0 Å². The van der Waals surface area contributed by atoms with Crippen molar-refractivity contribution in [1.29, 1.82) is 0 Å². The molecule has 4 aromatic rings. The summed E-state index contributed by atoms with van der Waals surface area (Å²) in [6.45, 7) is 0. The highest BCUT2D eigenvalue weighted by Gasteiger charge is 2.15. The molecule has 3 aromatic carbocycles. The SMILES string of the molecule is C1=Cc2ccc3cccnc3c2NC1=CP(c1ccccc1)c1ccccc1. The predicted molar refractivity (Wildman–Crippen MR) is 122 cm³/mol. The minimum Gasteiger partial charge on any atom is -0.353 e. The average molecular weight is 378 g/mol. The Labute approximate surface area is 166 Å². The van der Waals surface area contributed by atoms with Gasteiger partial charge in [-0.3, -0.25) is 4.98 Å². The van der Waals surface area contributed by atoms with Crippen LogP contribution in [-0.2, 0) is 0 Å². The number of aromatic nitrogens is 1. The van der Waals surface area contributed by atoms with E-state index in [1.54, 1.807) is 0 Å². The predicted octanol–water partition coefficient (Wildman–Crippen LogP) is 5.65. The van der Waals surface area contributed by atoms with Gasteiger partial charge in [-0.25, -0.2) is 0 Å². The van der Waals surface area contributed by atoms with Gasteiger partial charge in [0.05, 0.1) is 11.2 Å². The fraction of sp³-hybridized carbons (Fsp3) is 0. The van der Waals surface area contributed by atoms with Gasteiger partial charge in [0.15, 0.2) is 0 Å². The number of nitrogens with one attached hydrogen (secondary N) is 1. The van der Waals surface area contributed by atoms with Crippen LogP contribution in [0.15, 0.2) is 109 Å². The van der Waals surface area contributed by atoms with Crippen molar-refractivity contribution < 1.29 is 0 Å². The molecule has 2 heterocycles. The van der Waals surface area contributed by atoms with Crippen LogP contribution in [0.2, 0.25) is 0 Å². The lowest BCUT2D eigenvalue weighted by Crippen LogP contribution is -2.12. The molecular weight excluding hydrogens is 359 g/mol. The van der Waals surface area contributed by atoms with E-state index >= 15 is 0 Å². The van der Waals surface area contributed by atoms with Gasteiger partial charge >= 0.3 is 0 Å². The van der Waals surface area contributed by atoms with Crippen LogP contribution in [0.4, 0.5) is 5.69 Å². The molecule has 3 heteroatoms. The molecule has 0 aliphatic carbocycles. The van der Waals surface area contributed by atoms with Gasteiger partial charge in [-0.1, -0.05) is 84.9 Å². The third-order valence-corrected chi connectivity index (χ3v) is 7.10. The lowest BCUT2D eigenvalue weighted by Gasteiger charge is -2.21. The fourth-order valence-electron chi connectivity index (χ4n) is 3.49. The average Bonchev–Trinajstić information content (AvgIpc) is 2.78. The van der Waals surface area contributed by atoms with Crippen molar-refractivity contribution in [2.45, 2.75) is 0 Å². The van der Waals surface area contributed by atoms with E-state index in [9.17, 15) is 0 Å². The number of allylic oxidation sites excluding steroid dienone is 1. The van der Waals surface area contributed by atoms with E-state index in [2.05, 4.69) is 107 Å². The normalized spacial score (nSPS) is 14.2. The molecule has 0 saturated carbocycles. The van der Waals surface area contributed by atoms with E-state index in [0.717, 1.165) is 22.3 Å². The molecule has 0 radical (unpaired) electrons. The van der Waals surface area contributed by atoms with Crippen LogP contribution in [-0.4, -0.2) is 4.98 Å². The molecule has 0 spiro atoms. The Morgan fingerprint density at radius 3 is 2.14 bits per heavy atom. The van der Waals surface area contributed by atoms with Crippen LogP contribution in [0.3, 0.4) is 0 Å². The van der Waals surface area contributed by atoms with E-state index in [1.807, 2.05) is 12.3 Å². The number of anilines is 1. The lowest BCUT2D eigenvalue weighted by molar-refractivity contribution is 1.38. The zero-order chi connectivity index (χ0) is 18.8. The third kappa shape index (κ3) is 3.24. The summed E-state index contributed by atoms with van der Waals surface area (Å²) in [6.07, 6.45) is 6.19. The molecule has 1 aliphatic heterocycles. The molecule has 2 nitrogen and oxygen atoms in total. The molecule has 1 N–H and O–H groups in total. The van der Waals surface area contributed by atoms with Gasteiger partial charge in [-0.2, -0.15) is 0 Å². The second-order valence-corrected chi connectivity index (χ2v) is 8.72. The molecule has 1 aliphatic rings. The Hall–Kier alpha value is -3.22. The fourth-order valence-corrected chi connectivity index (χ4v) is 5.50. The molecule has 0 saturated heterocycles. The lowest BCUT2D eigenvalue weighted by atomic mass is 10.0. The van der Waals surface area contributed by atoms with Gasteiger partial charge in [-0.05, 0) is 36.5 Å². The number of nitrogens with zero attached hydrogens (tertiary/aromatic N) is 1. The van der Waals surface area contributed by atoms with Crippen molar-refractivity contribution in [2.24, 2.45) is 0 Å². The number of hydrogen-bond donors (Lipinski definition) is 1. The van der Waals surface area contributed by atoms with Crippen molar-refractivity contribution in [3.05, 3.63) is 114 Å². The Morgan fingerprint density at radius 1 is 0.714 bits per heavy atom.